The van der Waals surface area contributed by atoms with Crippen molar-refractivity contribution < 1.29 is 8.42 Å². The summed E-state index contributed by atoms with van der Waals surface area (Å²) in [6, 6.07) is 11.8. The zero-order valence-electron chi connectivity index (χ0n) is 11.2. The van der Waals surface area contributed by atoms with Gasteiger partial charge in [0.05, 0.1) is 9.37 Å². The minimum atomic E-state index is -3.74. The molecule has 0 aliphatic carbocycles. The van der Waals surface area contributed by atoms with E-state index in [0.29, 0.717) is 4.47 Å². The third kappa shape index (κ3) is 3.77. The normalized spacial score (nSPS) is 13.1. The van der Waals surface area contributed by atoms with Crippen molar-refractivity contribution in [2.24, 2.45) is 0 Å². The SMILES string of the molecule is CC(NS(=O)(=O)c1cc(Cl)cc(N)c1Br)c1ccccc1. The maximum Gasteiger partial charge on any atom is 0.242 e. The van der Waals surface area contributed by atoms with Gasteiger partial charge >= 0.3 is 0 Å². The highest BCUT2D eigenvalue weighted by molar-refractivity contribution is 9.10. The monoisotopic (exact) mass is 388 g/mol. The summed E-state index contributed by atoms with van der Waals surface area (Å²) in [6.45, 7) is 1.77. The van der Waals surface area contributed by atoms with E-state index in [1.807, 2.05) is 30.3 Å². The Balaban J connectivity index is 2.35. The van der Waals surface area contributed by atoms with E-state index >= 15 is 0 Å². The highest BCUT2D eigenvalue weighted by Crippen LogP contribution is 2.32. The van der Waals surface area contributed by atoms with Crippen LogP contribution in [0.5, 0.6) is 0 Å². The smallest absolute Gasteiger partial charge is 0.242 e. The molecule has 7 heteroatoms. The van der Waals surface area contributed by atoms with Gasteiger partial charge in [-0.2, -0.15) is 0 Å². The molecule has 2 aromatic carbocycles. The van der Waals surface area contributed by atoms with Gasteiger partial charge in [-0.05, 0) is 40.5 Å². The Bertz CT molecular complexity index is 751. The Morgan fingerprint density at radius 3 is 2.48 bits per heavy atom. The quantitative estimate of drug-likeness (QED) is 0.783. The van der Waals surface area contributed by atoms with Gasteiger partial charge in [0.25, 0.3) is 0 Å². The number of hydrogen-bond acceptors (Lipinski definition) is 3. The largest absolute Gasteiger partial charge is 0.398 e. The molecule has 112 valence electrons. The van der Waals surface area contributed by atoms with Crippen LogP contribution in [-0.2, 0) is 10.0 Å². The summed E-state index contributed by atoms with van der Waals surface area (Å²) in [5, 5.41) is 0.267. The summed E-state index contributed by atoms with van der Waals surface area (Å²) >= 11 is 9.08. The predicted octanol–water partition coefficient (Wildman–Crippen LogP) is 3.72. The first-order valence-electron chi connectivity index (χ1n) is 6.13. The van der Waals surface area contributed by atoms with Crippen molar-refractivity contribution in [1.82, 2.24) is 4.72 Å². The van der Waals surface area contributed by atoms with E-state index in [0.717, 1.165) is 5.56 Å². The van der Waals surface area contributed by atoms with Gasteiger partial charge in [0.1, 0.15) is 0 Å². The Morgan fingerprint density at radius 2 is 1.86 bits per heavy atom. The van der Waals surface area contributed by atoms with Crippen LogP contribution in [0.3, 0.4) is 0 Å². The molecule has 2 aromatic rings. The molecule has 1 atom stereocenters. The van der Waals surface area contributed by atoms with Gasteiger partial charge in [-0.1, -0.05) is 41.9 Å². The van der Waals surface area contributed by atoms with Crippen molar-refractivity contribution >= 4 is 43.2 Å². The number of anilines is 1. The van der Waals surface area contributed by atoms with E-state index in [1.165, 1.54) is 12.1 Å². The van der Waals surface area contributed by atoms with Gasteiger partial charge in [-0.3, -0.25) is 0 Å². The first-order chi connectivity index (χ1) is 9.81. The number of nitrogen functional groups attached to an aromatic ring is 1. The molecule has 0 bridgehead atoms. The van der Waals surface area contributed by atoms with Crippen molar-refractivity contribution in [3.63, 3.8) is 0 Å². The zero-order chi connectivity index (χ0) is 15.6. The van der Waals surface area contributed by atoms with Gasteiger partial charge in [0.2, 0.25) is 10.0 Å². The lowest BCUT2D eigenvalue weighted by Gasteiger charge is -2.16. The average Bonchev–Trinajstić information content (AvgIpc) is 2.43. The van der Waals surface area contributed by atoms with E-state index in [2.05, 4.69) is 20.7 Å². The number of halogens is 2. The number of benzene rings is 2. The highest BCUT2D eigenvalue weighted by Gasteiger charge is 2.22. The molecule has 0 radical (unpaired) electrons. The predicted molar refractivity (Wildman–Crippen MR) is 88.7 cm³/mol. The van der Waals surface area contributed by atoms with Crippen LogP contribution in [0.4, 0.5) is 5.69 Å². The molecule has 4 nitrogen and oxygen atoms in total. The second-order valence-corrected chi connectivity index (χ2v) is 7.47. The van der Waals surface area contributed by atoms with Gasteiger partial charge in [-0.25, -0.2) is 13.1 Å². The Kier molecular flexibility index (Phi) is 4.93. The summed E-state index contributed by atoms with van der Waals surface area (Å²) in [5.74, 6) is 0. The van der Waals surface area contributed by atoms with Crippen LogP contribution in [-0.4, -0.2) is 8.42 Å². The number of rotatable bonds is 4. The zero-order valence-corrected chi connectivity index (χ0v) is 14.3. The van der Waals surface area contributed by atoms with Crippen molar-refractivity contribution in [1.29, 1.82) is 0 Å². The Hall–Kier alpha value is -1.08. The first kappa shape index (κ1) is 16.3. The molecular weight excluding hydrogens is 376 g/mol. The van der Waals surface area contributed by atoms with Crippen molar-refractivity contribution in [2.45, 2.75) is 17.9 Å². The fourth-order valence-corrected chi connectivity index (χ4v) is 4.41. The third-order valence-corrected chi connectivity index (χ3v) is 5.88. The van der Waals surface area contributed by atoms with Gasteiger partial charge < -0.3 is 5.73 Å². The molecule has 0 amide bonds. The van der Waals surface area contributed by atoms with Crippen molar-refractivity contribution in [3.8, 4) is 0 Å². The second-order valence-electron chi connectivity index (χ2n) is 4.56. The van der Waals surface area contributed by atoms with E-state index < -0.39 is 10.0 Å². The van der Waals surface area contributed by atoms with Crippen molar-refractivity contribution in [3.05, 3.63) is 57.5 Å². The summed E-state index contributed by atoms with van der Waals surface area (Å²) in [7, 11) is -3.74. The van der Waals surface area contributed by atoms with E-state index in [4.69, 9.17) is 17.3 Å². The van der Waals surface area contributed by atoms with Crippen LogP contribution >= 0.6 is 27.5 Å². The minimum absolute atomic E-state index is 0.0234. The third-order valence-electron chi connectivity index (χ3n) is 2.95. The van der Waals surface area contributed by atoms with Gasteiger partial charge in [-0.15, -0.1) is 0 Å². The molecule has 21 heavy (non-hydrogen) atoms. The minimum Gasteiger partial charge on any atom is -0.398 e. The molecule has 0 fully saturated rings. The van der Waals surface area contributed by atoms with Gasteiger partial charge in [0.15, 0.2) is 0 Å². The number of nitrogens with two attached hydrogens (primary N) is 1. The fourth-order valence-electron chi connectivity index (χ4n) is 1.89. The molecule has 0 saturated heterocycles. The molecule has 0 aromatic heterocycles. The molecular formula is C14H14BrClN2O2S. The lowest BCUT2D eigenvalue weighted by atomic mass is 10.1. The van der Waals surface area contributed by atoms with E-state index in [9.17, 15) is 8.42 Å². The molecule has 1 unspecified atom stereocenters. The summed E-state index contributed by atoms with van der Waals surface area (Å²) in [4.78, 5) is 0.0234. The van der Waals surface area contributed by atoms with Crippen LogP contribution in [0.1, 0.15) is 18.5 Å². The summed E-state index contributed by atoms with van der Waals surface area (Å²) < 4.78 is 27.9. The van der Waals surface area contributed by atoms with Crippen LogP contribution in [0.2, 0.25) is 5.02 Å². The fraction of sp³-hybridized carbons (Fsp3) is 0.143. The summed E-state index contributed by atoms with van der Waals surface area (Å²) in [6.07, 6.45) is 0. The van der Waals surface area contributed by atoms with Crippen molar-refractivity contribution in [2.75, 3.05) is 5.73 Å². The molecule has 2 rings (SSSR count). The summed E-state index contributed by atoms with van der Waals surface area (Å²) in [5.41, 5.74) is 6.88. The molecule has 3 N–H and O–H groups in total. The Labute approximate surface area is 137 Å². The van der Waals surface area contributed by atoms with Crippen LogP contribution in [0.15, 0.2) is 51.8 Å². The van der Waals surface area contributed by atoms with Crippen LogP contribution < -0.4 is 10.5 Å². The lowest BCUT2D eigenvalue weighted by molar-refractivity contribution is 0.566. The molecule has 0 aliphatic heterocycles. The maximum atomic E-state index is 12.5. The second kappa shape index (κ2) is 6.36. The molecule has 0 spiro atoms. The van der Waals surface area contributed by atoms with E-state index in [1.54, 1.807) is 6.92 Å². The Morgan fingerprint density at radius 1 is 1.24 bits per heavy atom. The number of nitrogens with one attached hydrogen (secondary N) is 1. The topological polar surface area (TPSA) is 72.2 Å². The van der Waals surface area contributed by atoms with E-state index in [-0.39, 0.29) is 21.6 Å². The van der Waals surface area contributed by atoms with Crippen LogP contribution in [0, 0.1) is 0 Å². The highest BCUT2D eigenvalue weighted by atomic mass is 79.9. The molecule has 0 heterocycles. The standard InChI is InChI=1S/C14H14BrClN2O2S/c1-9(10-5-3-2-4-6-10)18-21(19,20)13-8-11(16)7-12(17)14(13)15/h2-9,18H,17H2,1H3. The lowest BCUT2D eigenvalue weighted by Crippen LogP contribution is -2.27. The number of sulfonamides is 1. The molecule has 0 aliphatic rings. The van der Waals surface area contributed by atoms with Gasteiger partial charge in [0, 0.05) is 16.8 Å². The number of hydrogen-bond donors (Lipinski definition) is 2. The average molecular weight is 390 g/mol. The van der Waals surface area contributed by atoms with Crippen LogP contribution in [0.25, 0.3) is 0 Å². The molecule has 0 saturated carbocycles. The maximum absolute atomic E-state index is 12.5. The first-order valence-corrected chi connectivity index (χ1v) is 8.78.